The van der Waals surface area contributed by atoms with Gasteiger partial charge in [0.15, 0.2) is 0 Å². The number of hydrogen-bond donors (Lipinski definition) is 2. The zero-order valence-corrected chi connectivity index (χ0v) is 14.7. The molecule has 1 saturated carbocycles. The maximum Gasteiger partial charge on any atom is 0.220 e. The molecule has 124 valence electrons. The molecular weight excluding hydrogens is 284 g/mol. The Morgan fingerprint density at radius 3 is 2.38 bits per heavy atom. The fourth-order valence-electron chi connectivity index (χ4n) is 3.75. The Balaban J connectivity index is 0.00000220. The molecule has 1 aliphatic carbocycles. The van der Waals surface area contributed by atoms with Crippen molar-refractivity contribution in [1.29, 1.82) is 0 Å². The van der Waals surface area contributed by atoms with E-state index in [2.05, 4.69) is 31.4 Å². The minimum absolute atomic E-state index is 0. The summed E-state index contributed by atoms with van der Waals surface area (Å²) in [6.07, 6.45) is 8.01. The number of nitrogens with one attached hydrogen (secondary N) is 2. The zero-order chi connectivity index (χ0) is 14.6. The van der Waals surface area contributed by atoms with Gasteiger partial charge in [0.2, 0.25) is 5.91 Å². The molecule has 1 amide bonds. The van der Waals surface area contributed by atoms with E-state index in [1.807, 2.05) is 0 Å². The second kappa shape index (κ2) is 8.38. The zero-order valence-electron chi connectivity index (χ0n) is 13.9. The van der Waals surface area contributed by atoms with Crippen LogP contribution in [0.1, 0.15) is 65.7 Å². The van der Waals surface area contributed by atoms with Crippen LogP contribution in [0.4, 0.5) is 0 Å². The Kier molecular flexibility index (Phi) is 7.49. The van der Waals surface area contributed by atoms with Crippen LogP contribution in [0.25, 0.3) is 0 Å². The first-order valence-electron chi connectivity index (χ1n) is 8.51. The maximum atomic E-state index is 12.1. The third-order valence-corrected chi connectivity index (χ3v) is 5.75. The van der Waals surface area contributed by atoms with E-state index in [4.69, 9.17) is 0 Å². The summed E-state index contributed by atoms with van der Waals surface area (Å²) in [7, 11) is 0. The highest BCUT2D eigenvalue weighted by atomic mass is 35.5. The van der Waals surface area contributed by atoms with Crippen LogP contribution in [-0.2, 0) is 4.79 Å². The summed E-state index contributed by atoms with van der Waals surface area (Å²) in [5, 5.41) is 6.60. The summed E-state index contributed by atoms with van der Waals surface area (Å²) in [5.41, 5.74) is 0.463. The van der Waals surface area contributed by atoms with E-state index < -0.39 is 0 Å². The first-order valence-corrected chi connectivity index (χ1v) is 8.51. The van der Waals surface area contributed by atoms with Crippen LogP contribution in [0.15, 0.2) is 0 Å². The van der Waals surface area contributed by atoms with Gasteiger partial charge in [0, 0.05) is 12.5 Å². The lowest BCUT2D eigenvalue weighted by atomic mass is 9.69. The molecule has 2 rings (SSSR count). The average Bonchev–Trinajstić information content (AvgIpc) is 2.92. The predicted octanol–water partition coefficient (Wildman–Crippen LogP) is 3.52. The molecule has 0 radical (unpaired) electrons. The smallest absolute Gasteiger partial charge is 0.220 e. The molecule has 1 unspecified atom stereocenters. The molecule has 1 heterocycles. The number of halogens is 1. The molecule has 1 saturated heterocycles. The molecule has 0 aromatic carbocycles. The van der Waals surface area contributed by atoms with Crippen molar-refractivity contribution in [3.63, 3.8) is 0 Å². The lowest BCUT2D eigenvalue weighted by Crippen LogP contribution is -2.40. The summed E-state index contributed by atoms with van der Waals surface area (Å²) in [5.74, 6) is 1.67. The average molecular weight is 317 g/mol. The molecule has 1 atom stereocenters. The molecule has 4 heteroatoms. The number of carbonyl (C=O) groups excluding carboxylic acids is 1. The van der Waals surface area contributed by atoms with Crippen molar-refractivity contribution in [1.82, 2.24) is 10.6 Å². The second-order valence-electron chi connectivity index (χ2n) is 7.52. The van der Waals surface area contributed by atoms with Crippen molar-refractivity contribution < 1.29 is 4.79 Å². The fraction of sp³-hybridized carbons (Fsp3) is 0.941. The third-order valence-electron chi connectivity index (χ3n) is 5.75. The molecule has 21 heavy (non-hydrogen) atoms. The highest BCUT2D eigenvalue weighted by Gasteiger charge is 2.32. The van der Waals surface area contributed by atoms with Crippen LogP contribution >= 0.6 is 12.4 Å². The van der Waals surface area contributed by atoms with E-state index >= 15 is 0 Å². The van der Waals surface area contributed by atoms with Crippen molar-refractivity contribution in [3.8, 4) is 0 Å². The lowest BCUT2D eigenvalue weighted by molar-refractivity contribution is -0.122. The van der Waals surface area contributed by atoms with Gasteiger partial charge in [-0.05, 0) is 62.4 Å². The molecule has 3 nitrogen and oxygen atoms in total. The van der Waals surface area contributed by atoms with Gasteiger partial charge in [-0.25, -0.2) is 0 Å². The van der Waals surface area contributed by atoms with Gasteiger partial charge in [-0.15, -0.1) is 12.4 Å². The molecule has 1 aliphatic heterocycles. The summed E-state index contributed by atoms with van der Waals surface area (Å²) in [6, 6.07) is 0.431. The highest BCUT2D eigenvalue weighted by Crippen LogP contribution is 2.40. The molecule has 2 N–H and O–H groups in total. The minimum atomic E-state index is 0. The topological polar surface area (TPSA) is 41.1 Å². The fourth-order valence-corrected chi connectivity index (χ4v) is 3.75. The standard InChI is InChI=1S/C17H32N2O.ClH/c1-4-17(2,3)14-5-7-15(8-6-14)19-16(20)11-13-9-10-18-12-13;/h13-15,18H,4-12H2,1-3H3,(H,19,20);1H. The summed E-state index contributed by atoms with van der Waals surface area (Å²) < 4.78 is 0. The van der Waals surface area contributed by atoms with Crippen LogP contribution in [0, 0.1) is 17.3 Å². The number of rotatable bonds is 5. The Morgan fingerprint density at radius 2 is 1.86 bits per heavy atom. The Bertz CT molecular complexity index is 319. The van der Waals surface area contributed by atoms with Gasteiger partial charge in [-0.2, -0.15) is 0 Å². The largest absolute Gasteiger partial charge is 0.353 e. The first kappa shape index (κ1) is 18.8. The quantitative estimate of drug-likeness (QED) is 0.815. The molecule has 2 fully saturated rings. The van der Waals surface area contributed by atoms with Crippen molar-refractivity contribution in [3.05, 3.63) is 0 Å². The monoisotopic (exact) mass is 316 g/mol. The number of hydrogen-bond acceptors (Lipinski definition) is 2. The van der Waals surface area contributed by atoms with E-state index in [1.54, 1.807) is 0 Å². The van der Waals surface area contributed by atoms with Gasteiger partial charge in [0.25, 0.3) is 0 Å². The molecule has 0 bridgehead atoms. The van der Waals surface area contributed by atoms with E-state index in [-0.39, 0.29) is 18.3 Å². The van der Waals surface area contributed by atoms with Crippen LogP contribution in [0.2, 0.25) is 0 Å². The number of amides is 1. The molecule has 0 spiro atoms. The summed E-state index contributed by atoms with van der Waals surface area (Å²) >= 11 is 0. The SMILES string of the molecule is CCC(C)(C)C1CCC(NC(=O)CC2CCNC2)CC1.Cl. The van der Waals surface area contributed by atoms with E-state index in [0.29, 0.717) is 23.8 Å². The van der Waals surface area contributed by atoms with Crippen LogP contribution < -0.4 is 10.6 Å². The van der Waals surface area contributed by atoms with Crippen LogP contribution in [0.5, 0.6) is 0 Å². The van der Waals surface area contributed by atoms with Gasteiger partial charge < -0.3 is 10.6 Å². The molecule has 0 aromatic rings. The van der Waals surface area contributed by atoms with Gasteiger partial charge >= 0.3 is 0 Å². The van der Waals surface area contributed by atoms with E-state index in [0.717, 1.165) is 25.4 Å². The maximum absolute atomic E-state index is 12.1. The Labute approximate surface area is 136 Å². The molecule has 2 aliphatic rings. The summed E-state index contributed by atoms with van der Waals surface area (Å²) in [4.78, 5) is 12.1. The number of carbonyl (C=O) groups is 1. The van der Waals surface area contributed by atoms with Gasteiger partial charge in [0.05, 0.1) is 0 Å². The van der Waals surface area contributed by atoms with Gasteiger partial charge in [0.1, 0.15) is 0 Å². The van der Waals surface area contributed by atoms with Crippen LogP contribution in [0.3, 0.4) is 0 Å². The first-order chi connectivity index (χ1) is 9.51. The van der Waals surface area contributed by atoms with Crippen molar-refractivity contribution in [2.45, 2.75) is 71.8 Å². The minimum Gasteiger partial charge on any atom is -0.353 e. The summed E-state index contributed by atoms with van der Waals surface area (Å²) in [6.45, 7) is 9.18. The Morgan fingerprint density at radius 1 is 1.19 bits per heavy atom. The Hall–Kier alpha value is -0.280. The van der Waals surface area contributed by atoms with Gasteiger partial charge in [-0.1, -0.05) is 27.2 Å². The van der Waals surface area contributed by atoms with Crippen LogP contribution in [-0.4, -0.2) is 25.0 Å². The lowest BCUT2D eigenvalue weighted by Gasteiger charge is -2.39. The van der Waals surface area contributed by atoms with E-state index in [1.165, 1.54) is 32.1 Å². The second-order valence-corrected chi connectivity index (χ2v) is 7.52. The third kappa shape index (κ3) is 5.45. The molecular formula is C17H33ClN2O. The van der Waals surface area contributed by atoms with Crippen molar-refractivity contribution >= 4 is 18.3 Å². The molecule has 0 aromatic heterocycles. The normalized spacial score (nSPS) is 29.8. The van der Waals surface area contributed by atoms with Gasteiger partial charge in [-0.3, -0.25) is 4.79 Å². The van der Waals surface area contributed by atoms with Crippen molar-refractivity contribution in [2.24, 2.45) is 17.3 Å². The highest BCUT2D eigenvalue weighted by molar-refractivity contribution is 5.85. The van der Waals surface area contributed by atoms with E-state index in [9.17, 15) is 4.79 Å². The predicted molar refractivity (Wildman–Crippen MR) is 90.8 cm³/mol. The van der Waals surface area contributed by atoms with Crippen molar-refractivity contribution in [2.75, 3.05) is 13.1 Å².